The van der Waals surface area contributed by atoms with Gasteiger partial charge in [0.1, 0.15) is 19.8 Å². The molecule has 2 atom stereocenters. The Kier molecular flexibility index (Phi) is 61.8. The van der Waals surface area contributed by atoms with E-state index in [1.807, 2.05) is 21.1 Å². The molecule has 0 aromatic carbocycles. The van der Waals surface area contributed by atoms with E-state index in [9.17, 15) is 19.0 Å². The second kappa shape index (κ2) is 63.0. The molecule has 0 aliphatic carbocycles. The van der Waals surface area contributed by atoms with Crippen molar-refractivity contribution < 1.29 is 42.1 Å². The van der Waals surface area contributed by atoms with E-state index in [2.05, 4.69) is 38.2 Å². The summed E-state index contributed by atoms with van der Waals surface area (Å²) in [5, 5.41) is 0. The van der Waals surface area contributed by atoms with Gasteiger partial charge < -0.3 is 18.9 Å². The molecule has 0 aliphatic heterocycles. The maximum Gasteiger partial charge on any atom is 0.472 e. The van der Waals surface area contributed by atoms with Crippen LogP contribution in [0.1, 0.15) is 367 Å². The van der Waals surface area contributed by atoms with Gasteiger partial charge in [0.15, 0.2) is 6.10 Å². The largest absolute Gasteiger partial charge is 0.472 e. The van der Waals surface area contributed by atoms with Gasteiger partial charge in [-0.3, -0.25) is 18.6 Å². The fourth-order valence-corrected chi connectivity index (χ4v) is 11.5. The van der Waals surface area contributed by atoms with Crippen molar-refractivity contribution in [3.63, 3.8) is 0 Å². The number of phosphoric ester groups is 1. The number of carbonyl (C=O) groups is 2. The summed E-state index contributed by atoms with van der Waals surface area (Å²) in [4.78, 5) is 35.9. The molecule has 0 aliphatic rings. The van der Waals surface area contributed by atoms with E-state index in [0.717, 1.165) is 44.9 Å². The molecular weight excluding hydrogens is 1030 g/mol. The van der Waals surface area contributed by atoms with Gasteiger partial charge >= 0.3 is 19.8 Å². The number of hydrogen-bond acceptors (Lipinski definition) is 7. The van der Waals surface area contributed by atoms with Crippen LogP contribution in [0.15, 0.2) is 24.3 Å². The number of unbranched alkanes of at least 4 members (excludes halogenated alkanes) is 49. The van der Waals surface area contributed by atoms with E-state index in [4.69, 9.17) is 18.5 Å². The third kappa shape index (κ3) is 67.5. The van der Waals surface area contributed by atoms with Gasteiger partial charge in [0.05, 0.1) is 27.7 Å². The highest BCUT2D eigenvalue weighted by Crippen LogP contribution is 2.43. The number of nitrogens with zero attached hydrogens (tertiary/aromatic N) is 1. The lowest BCUT2D eigenvalue weighted by Gasteiger charge is -2.24. The van der Waals surface area contributed by atoms with E-state index in [-0.39, 0.29) is 25.6 Å². The highest BCUT2D eigenvalue weighted by molar-refractivity contribution is 7.47. The minimum Gasteiger partial charge on any atom is -0.462 e. The first-order valence-electron chi connectivity index (χ1n) is 35.6. The number of hydrogen-bond donors (Lipinski definition) is 1. The standard InChI is InChI=1S/C71H138NO8P/c1-6-8-10-12-14-16-18-20-22-24-26-28-30-31-32-33-34-35-36-37-38-39-40-41-42-44-46-48-50-52-54-56-58-60-62-64-71(74)80-69(68-79-81(75,76)78-66-65-72(3,4)5)67-77-70(73)63-61-59-57-55-53-51-49-47-45-43-29-27-25-23-21-19-17-15-13-11-9-7-2/h18,20,24,26,69H,6-17,19,21-23,25,27-68H2,1-5H3/p+1/b20-18-,26-24-. The second-order valence-corrected chi connectivity index (χ2v) is 27.1. The molecule has 81 heavy (non-hydrogen) atoms. The lowest BCUT2D eigenvalue weighted by atomic mass is 10.0. The predicted octanol–water partition coefficient (Wildman–Crippen LogP) is 22.9. The molecule has 1 N–H and O–H groups in total. The molecule has 480 valence electrons. The minimum atomic E-state index is -4.39. The molecule has 0 radical (unpaired) electrons. The van der Waals surface area contributed by atoms with Crippen LogP contribution in [-0.2, 0) is 32.7 Å². The molecule has 0 aromatic heterocycles. The lowest BCUT2D eigenvalue weighted by Crippen LogP contribution is -2.37. The fourth-order valence-electron chi connectivity index (χ4n) is 10.8. The quantitative estimate of drug-likeness (QED) is 0.0211. The van der Waals surface area contributed by atoms with Crippen molar-refractivity contribution in [2.75, 3.05) is 47.5 Å². The van der Waals surface area contributed by atoms with Crippen molar-refractivity contribution in [1.29, 1.82) is 0 Å². The van der Waals surface area contributed by atoms with Crippen molar-refractivity contribution >= 4 is 19.8 Å². The van der Waals surface area contributed by atoms with Gasteiger partial charge in [0.25, 0.3) is 0 Å². The summed E-state index contributed by atoms with van der Waals surface area (Å²) in [6.45, 7) is 4.50. The molecule has 0 amide bonds. The van der Waals surface area contributed by atoms with Gasteiger partial charge in [-0.15, -0.1) is 0 Å². The average molecular weight is 1170 g/mol. The van der Waals surface area contributed by atoms with Gasteiger partial charge in [-0.2, -0.15) is 0 Å². The van der Waals surface area contributed by atoms with Crippen molar-refractivity contribution in [3.8, 4) is 0 Å². The highest BCUT2D eigenvalue weighted by Gasteiger charge is 2.27. The molecule has 2 unspecified atom stereocenters. The second-order valence-electron chi connectivity index (χ2n) is 25.6. The van der Waals surface area contributed by atoms with Gasteiger partial charge in [0, 0.05) is 12.8 Å². The number of likely N-dealkylation sites (N-methyl/N-ethyl adjacent to an activating group) is 1. The summed E-state index contributed by atoms with van der Waals surface area (Å²) in [6, 6.07) is 0. The summed E-state index contributed by atoms with van der Waals surface area (Å²) < 4.78 is 34.7. The Labute approximate surface area is 504 Å². The number of ether oxygens (including phenoxy) is 2. The van der Waals surface area contributed by atoms with Crippen LogP contribution < -0.4 is 0 Å². The first kappa shape index (κ1) is 79.5. The molecule has 0 heterocycles. The Morgan fingerprint density at radius 1 is 0.383 bits per heavy atom. The van der Waals surface area contributed by atoms with Crippen LogP contribution in [0.2, 0.25) is 0 Å². The third-order valence-electron chi connectivity index (χ3n) is 16.2. The average Bonchev–Trinajstić information content (AvgIpc) is 3.43. The first-order valence-corrected chi connectivity index (χ1v) is 37.1. The number of phosphoric acid groups is 1. The Hall–Kier alpha value is -1.51. The van der Waals surface area contributed by atoms with Crippen molar-refractivity contribution in [2.45, 2.75) is 373 Å². The van der Waals surface area contributed by atoms with Crippen LogP contribution in [0.25, 0.3) is 0 Å². The summed E-state index contributed by atoms with van der Waals surface area (Å²) in [6.07, 6.45) is 78.6. The van der Waals surface area contributed by atoms with Gasteiger partial charge in [-0.05, 0) is 44.9 Å². The Morgan fingerprint density at radius 3 is 0.975 bits per heavy atom. The maximum atomic E-state index is 12.9. The maximum absolute atomic E-state index is 12.9. The SMILES string of the molecule is CCCCCCC/C=C\C/C=C\CCCCCCCCCCCCCCCCCCCCCCCCCC(=O)OC(COC(=O)CCCCCCCCCCCCCCCCCCCCCCCC)COP(=O)(O)OCC[N+](C)(C)C. The van der Waals surface area contributed by atoms with E-state index in [1.54, 1.807) is 0 Å². The zero-order valence-electron chi connectivity index (χ0n) is 54.8. The number of carbonyl (C=O) groups excluding carboxylic acids is 2. The zero-order chi connectivity index (χ0) is 59.1. The van der Waals surface area contributed by atoms with E-state index >= 15 is 0 Å². The van der Waals surface area contributed by atoms with Crippen molar-refractivity contribution in [1.82, 2.24) is 0 Å². The van der Waals surface area contributed by atoms with Crippen LogP contribution in [0.3, 0.4) is 0 Å². The third-order valence-corrected chi connectivity index (χ3v) is 17.2. The molecule has 0 bridgehead atoms. The Bertz CT molecular complexity index is 1420. The number of rotatable bonds is 67. The molecule has 0 saturated heterocycles. The topological polar surface area (TPSA) is 108 Å². The molecule has 9 nitrogen and oxygen atoms in total. The number of allylic oxidation sites excluding steroid dienone is 4. The number of quaternary nitrogens is 1. The smallest absolute Gasteiger partial charge is 0.462 e. The van der Waals surface area contributed by atoms with E-state index in [1.165, 1.54) is 295 Å². The van der Waals surface area contributed by atoms with E-state index in [0.29, 0.717) is 17.4 Å². The minimum absolute atomic E-state index is 0.0362. The van der Waals surface area contributed by atoms with Gasteiger partial charge in [-0.25, -0.2) is 4.57 Å². The van der Waals surface area contributed by atoms with Crippen LogP contribution in [-0.4, -0.2) is 74.9 Å². The van der Waals surface area contributed by atoms with Crippen molar-refractivity contribution in [2.24, 2.45) is 0 Å². The Balaban J connectivity index is 3.95. The molecule has 0 fully saturated rings. The molecule has 0 spiro atoms. The van der Waals surface area contributed by atoms with Gasteiger partial charge in [-0.1, -0.05) is 334 Å². The molecule has 0 saturated carbocycles. The molecule has 0 aromatic rings. The molecular formula is C71H139NO8P+. The van der Waals surface area contributed by atoms with E-state index < -0.39 is 26.5 Å². The summed E-state index contributed by atoms with van der Waals surface area (Å²) in [7, 11) is 1.50. The summed E-state index contributed by atoms with van der Waals surface area (Å²) in [5.74, 6) is -0.772. The Morgan fingerprint density at radius 2 is 0.667 bits per heavy atom. The normalized spacial score (nSPS) is 13.2. The van der Waals surface area contributed by atoms with Crippen LogP contribution in [0.4, 0.5) is 0 Å². The fraction of sp³-hybridized carbons (Fsp3) is 0.915. The molecule has 0 rings (SSSR count). The van der Waals surface area contributed by atoms with Crippen LogP contribution >= 0.6 is 7.82 Å². The van der Waals surface area contributed by atoms with Crippen LogP contribution in [0, 0.1) is 0 Å². The summed E-state index contributed by atoms with van der Waals surface area (Å²) >= 11 is 0. The monoisotopic (exact) mass is 1170 g/mol. The zero-order valence-corrected chi connectivity index (χ0v) is 55.7. The van der Waals surface area contributed by atoms with Gasteiger partial charge in [0.2, 0.25) is 0 Å². The van der Waals surface area contributed by atoms with Crippen LogP contribution in [0.5, 0.6) is 0 Å². The van der Waals surface area contributed by atoms with Crippen molar-refractivity contribution in [3.05, 3.63) is 24.3 Å². The lowest BCUT2D eigenvalue weighted by molar-refractivity contribution is -0.870. The highest BCUT2D eigenvalue weighted by atomic mass is 31.2. The first-order chi connectivity index (χ1) is 39.5. The number of esters is 2. The molecule has 10 heteroatoms. The predicted molar refractivity (Wildman–Crippen MR) is 349 cm³/mol. The summed E-state index contributed by atoms with van der Waals surface area (Å²) in [5.41, 5.74) is 0.